The fraction of sp³-hybridized carbons (Fsp3) is 0.464. The molecule has 2 aromatic rings. The predicted octanol–water partition coefficient (Wildman–Crippen LogP) is 4.41. The van der Waals surface area contributed by atoms with Gasteiger partial charge in [0.25, 0.3) is 0 Å². The standard InChI is InChI=1S/C28H32N2O5/c31-26(30-15-6-5-14-25(30)27(32)33)23(18-8-7-9-18)16-29-28(34)35-17-24-21-12-3-1-10-19(21)20-11-2-4-13-22(20)24/h1-4,10-13,18,23-25H,5-9,14-17H2,(H,29,34)(H,32,33). The van der Waals surface area contributed by atoms with E-state index < -0.39 is 24.0 Å². The van der Waals surface area contributed by atoms with E-state index in [1.54, 1.807) is 0 Å². The molecule has 184 valence electrons. The van der Waals surface area contributed by atoms with Crippen LogP contribution in [-0.4, -0.2) is 53.7 Å². The number of piperidine rings is 1. The fourth-order valence-electron chi connectivity index (χ4n) is 5.81. The molecule has 5 rings (SSSR count). The summed E-state index contributed by atoms with van der Waals surface area (Å²) in [6.45, 7) is 0.849. The van der Waals surface area contributed by atoms with Crippen molar-refractivity contribution >= 4 is 18.0 Å². The summed E-state index contributed by atoms with van der Waals surface area (Å²) in [5.74, 6) is -1.37. The molecule has 2 unspecified atom stereocenters. The summed E-state index contributed by atoms with van der Waals surface area (Å²) in [4.78, 5) is 39.3. The summed E-state index contributed by atoms with van der Waals surface area (Å²) in [6.07, 6.45) is 4.47. The minimum absolute atomic E-state index is 0.0260. The lowest BCUT2D eigenvalue weighted by molar-refractivity contribution is -0.155. The number of nitrogens with zero attached hydrogens (tertiary/aromatic N) is 1. The first kappa shape index (κ1) is 23.4. The van der Waals surface area contributed by atoms with E-state index in [2.05, 4.69) is 29.6 Å². The second kappa shape index (κ2) is 10.1. The Bertz CT molecular complexity index is 1070. The van der Waals surface area contributed by atoms with E-state index >= 15 is 0 Å². The third-order valence-corrected chi connectivity index (χ3v) is 7.92. The zero-order valence-electron chi connectivity index (χ0n) is 19.8. The molecule has 0 spiro atoms. The maximum atomic E-state index is 13.4. The SMILES string of the molecule is O=C(NCC(C(=O)N1CCCCC1C(=O)O)C1CCC1)OCC1c2ccccc2-c2ccccc21. The van der Waals surface area contributed by atoms with E-state index in [9.17, 15) is 19.5 Å². The van der Waals surface area contributed by atoms with Crippen molar-refractivity contribution < 1.29 is 24.2 Å². The highest BCUT2D eigenvalue weighted by atomic mass is 16.5. The van der Waals surface area contributed by atoms with E-state index in [0.717, 1.165) is 43.2 Å². The van der Waals surface area contributed by atoms with Gasteiger partial charge in [-0.25, -0.2) is 9.59 Å². The van der Waals surface area contributed by atoms with E-state index in [-0.39, 0.29) is 30.9 Å². The smallest absolute Gasteiger partial charge is 0.407 e. The van der Waals surface area contributed by atoms with Gasteiger partial charge in [-0.3, -0.25) is 4.79 Å². The number of hydrogen-bond donors (Lipinski definition) is 2. The van der Waals surface area contributed by atoms with Crippen LogP contribution in [0.25, 0.3) is 11.1 Å². The number of alkyl carbamates (subject to hydrolysis) is 1. The van der Waals surface area contributed by atoms with Gasteiger partial charge in [-0.05, 0) is 60.3 Å². The minimum Gasteiger partial charge on any atom is -0.480 e. The Morgan fingerprint density at radius 3 is 2.20 bits per heavy atom. The molecule has 1 saturated heterocycles. The second-order valence-corrected chi connectivity index (χ2v) is 9.89. The zero-order chi connectivity index (χ0) is 24.4. The molecule has 2 amide bonds. The highest BCUT2D eigenvalue weighted by Crippen LogP contribution is 2.44. The van der Waals surface area contributed by atoms with Crippen LogP contribution in [0.4, 0.5) is 4.79 Å². The fourth-order valence-corrected chi connectivity index (χ4v) is 5.81. The summed E-state index contributed by atoms with van der Waals surface area (Å²) in [7, 11) is 0. The molecule has 7 nitrogen and oxygen atoms in total. The first-order chi connectivity index (χ1) is 17.0. The van der Waals surface area contributed by atoms with Crippen molar-refractivity contribution in [3.05, 3.63) is 59.7 Å². The van der Waals surface area contributed by atoms with Crippen molar-refractivity contribution in [1.29, 1.82) is 0 Å². The first-order valence-electron chi connectivity index (χ1n) is 12.7. The summed E-state index contributed by atoms with van der Waals surface area (Å²) in [5.41, 5.74) is 4.63. The minimum atomic E-state index is -0.949. The highest BCUT2D eigenvalue weighted by Gasteiger charge is 2.40. The van der Waals surface area contributed by atoms with Crippen molar-refractivity contribution in [2.24, 2.45) is 11.8 Å². The molecule has 0 bridgehead atoms. The number of fused-ring (bicyclic) bond motifs is 3. The number of nitrogens with one attached hydrogen (secondary N) is 1. The number of carboxylic acid groups (broad SMARTS) is 1. The molecule has 35 heavy (non-hydrogen) atoms. The summed E-state index contributed by atoms with van der Waals surface area (Å²) < 4.78 is 5.64. The average molecular weight is 477 g/mol. The van der Waals surface area contributed by atoms with Gasteiger partial charge in [0, 0.05) is 19.0 Å². The van der Waals surface area contributed by atoms with Gasteiger partial charge in [-0.2, -0.15) is 0 Å². The van der Waals surface area contributed by atoms with Crippen LogP contribution in [0.2, 0.25) is 0 Å². The third-order valence-electron chi connectivity index (χ3n) is 7.92. The molecule has 1 heterocycles. The molecule has 2 atom stereocenters. The number of ether oxygens (including phenoxy) is 1. The van der Waals surface area contributed by atoms with Crippen molar-refractivity contribution in [2.75, 3.05) is 19.7 Å². The Hall–Kier alpha value is -3.35. The van der Waals surface area contributed by atoms with Crippen molar-refractivity contribution in [2.45, 2.75) is 50.5 Å². The number of amides is 2. The summed E-state index contributed by atoms with van der Waals surface area (Å²) in [6, 6.07) is 15.6. The van der Waals surface area contributed by atoms with Gasteiger partial charge < -0.3 is 20.1 Å². The van der Waals surface area contributed by atoms with Gasteiger partial charge in [-0.15, -0.1) is 0 Å². The molecule has 0 aromatic heterocycles. The Morgan fingerprint density at radius 1 is 0.943 bits per heavy atom. The third kappa shape index (κ3) is 4.64. The van der Waals surface area contributed by atoms with Gasteiger partial charge in [0.05, 0.1) is 5.92 Å². The lowest BCUT2D eigenvalue weighted by atomic mass is 9.75. The van der Waals surface area contributed by atoms with E-state index in [4.69, 9.17) is 4.74 Å². The second-order valence-electron chi connectivity index (χ2n) is 9.89. The maximum Gasteiger partial charge on any atom is 0.407 e. The number of likely N-dealkylation sites (tertiary alicyclic amines) is 1. The lowest BCUT2D eigenvalue weighted by Crippen LogP contribution is -2.53. The van der Waals surface area contributed by atoms with Crippen LogP contribution in [-0.2, 0) is 14.3 Å². The van der Waals surface area contributed by atoms with Crippen LogP contribution in [0, 0.1) is 11.8 Å². The predicted molar refractivity (Wildman–Crippen MR) is 131 cm³/mol. The van der Waals surface area contributed by atoms with Crippen LogP contribution < -0.4 is 5.32 Å². The number of carboxylic acids is 1. The molecule has 2 fully saturated rings. The Morgan fingerprint density at radius 2 is 1.60 bits per heavy atom. The molecule has 1 aliphatic heterocycles. The Kier molecular flexibility index (Phi) is 6.75. The van der Waals surface area contributed by atoms with E-state index in [1.165, 1.54) is 16.0 Å². The molecule has 2 aromatic carbocycles. The zero-order valence-corrected chi connectivity index (χ0v) is 19.8. The van der Waals surface area contributed by atoms with Gasteiger partial charge in [0.15, 0.2) is 0 Å². The summed E-state index contributed by atoms with van der Waals surface area (Å²) in [5, 5.41) is 12.4. The van der Waals surface area contributed by atoms with Crippen LogP contribution in [0.1, 0.15) is 55.6 Å². The van der Waals surface area contributed by atoms with E-state index in [1.807, 2.05) is 24.3 Å². The van der Waals surface area contributed by atoms with Gasteiger partial charge in [0.1, 0.15) is 12.6 Å². The number of carbonyl (C=O) groups is 3. The lowest BCUT2D eigenvalue weighted by Gasteiger charge is -2.40. The van der Waals surface area contributed by atoms with Crippen LogP contribution in [0.3, 0.4) is 0 Å². The molecular formula is C28H32N2O5. The molecule has 2 N–H and O–H groups in total. The topological polar surface area (TPSA) is 95.9 Å². The summed E-state index contributed by atoms with van der Waals surface area (Å²) >= 11 is 0. The molecule has 3 aliphatic rings. The maximum absolute atomic E-state index is 13.4. The average Bonchev–Trinajstić information content (AvgIpc) is 3.17. The van der Waals surface area contributed by atoms with Crippen LogP contribution in [0.5, 0.6) is 0 Å². The molecule has 1 saturated carbocycles. The van der Waals surface area contributed by atoms with Crippen molar-refractivity contribution in [3.8, 4) is 11.1 Å². The number of rotatable bonds is 7. The molecule has 7 heteroatoms. The van der Waals surface area contributed by atoms with Gasteiger partial charge in [0.2, 0.25) is 5.91 Å². The Balaban J connectivity index is 1.22. The van der Waals surface area contributed by atoms with Crippen molar-refractivity contribution in [1.82, 2.24) is 10.2 Å². The number of carbonyl (C=O) groups excluding carboxylic acids is 2. The molecular weight excluding hydrogens is 444 g/mol. The monoisotopic (exact) mass is 476 g/mol. The molecule has 2 aliphatic carbocycles. The quantitative estimate of drug-likeness (QED) is 0.617. The van der Waals surface area contributed by atoms with Gasteiger partial charge in [-0.1, -0.05) is 55.0 Å². The number of aliphatic carboxylic acids is 1. The molecule has 0 radical (unpaired) electrons. The Labute approximate surface area is 205 Å². The van der Waals surface area contributed by atoms with E-state index in [0.29, 0.717) is 13.0 Å². The number of hydrogen-bond acceptors (Lipinski definition) is 4. The van der Waals surface area contributed by atoms with Crippen molar-refractivity contribution in [3.63, 3.8) is 0 Å². The normalized spacial score (nSPS) is 20.3. The van der Waals surface area contributed by atoms with Crippen LogP contribution >= 0.6 is 0 Å². The largest absolute Gasteiger partial charge is 0.480 e. The first-order valence-corrected chi connectivity index (χ1v) is 12.7. The van der Waals surface area contributed by atoms with Gasteiger partial charge >= 0.3 is 12.1 Å². The number of benzene rings is 2. The van der Waals surface area contributed by atoms with Crippen LogP contribution in [0.15, 0.2) is 48.5 Å². The highest BCUT2D eigenvalue weighted by molar-refractivity contribution is 5.86.